The molecular weight excluding hydrogens is 309 g/mol. The highest BCUT2D eigenvalue weighted by molar-refractivity contribution is 6.35. The molecule has 0 spiro atoms. The van der Waals surface area contributed by atoms with Crippen LogP contribution in [0.3, 0.4) is 0 Å². The quantitative estimate of drug-likeness (QED) is 0.849. The van der Waals surface area contributed by atoms with Crippen LogP contribution in [-0.2, 0) is 0 Å². The largest absolute Gasteiger partial charge is 0.492 e. The Morgan fingerprint density at radius 2 is 2.14 bits per heavy atom. The third-order valence-corrected chi connectivity index (χ3v) is 4.14. The molecule has 21 heavy (non-hydrogen) atoms. The molecule has 3 nitrogen and oxygen atoms in total. The molecule has 0 fully saturated rings. The van der Waals surface area contributed by atoms with E-state index in [1.807, 2.05) is 13.0 Å². The zero-order valence-electron chi connectivity index (χ0n) is 12.7. The first-order valence-corrected chi connectivity index (χ1v) is 8.11. The summed E-state index contributed by atoms with van der Waals surface area (Å²) < 4.78 is 5.64. The summed E-state index contributed by atoms with van der Waals surface area (Å²) in [4.78, 5) is 0. The molecule has 2 rings (SSSR count). The zero-order chi connectivity index (χ0) is 15.6. The maximum atomic E-state index is 10.4. The Kier molecular flexibility index (Phi) is 5.42. The molecule has 0 saturated carbocycles. The number of hydrogen-bond donors (Lipinski definition) is 2. The standard InChI is InChI=1S/C16H23Cl2NO2/c1-10(2)8-16(3,20)9-19-14-4-5-21-15-12(14)6-11(17)7-13(15)18/h6-7,10,14,19-20H,4-5,8-9H2,1-3H3. The van der Waals surface area contributed by atoms with Gasteiger partial charge in [-0.05, 0) is 31.4 Å². The molecular formula is C16H23Cl2NO2. The van der Waals surface area contributed by atoms with Gasteiger partial charge in [0.25, 0.3) is 0 Å². The number of nitrogens with one attached hydrogen (secondary N) is 1. The summed E-state index contributed by atoms with van der Waals surface area (Å²) in [7, 11) is 0. The average Bonchev–Trinajstić information content (AvgIpc) is 2.35. The Morgan fingerprint density at radius 1 is 1.43 bits per heavy atom. The van der Waals surface area contributed by atoms with Crippen molar-refractivity contribution in [3.05, 3.63) is 27.7 Å². The molecule has 1 heterocycles. The predicted molar refractivity (Wildman–Crippen MR) is 87.4 cm³/mol. The van der Waals surface area contributed by atoms with Gasteiger partial charge in [-0.3, -0.25) is 0 Å². The number of hydrogen-bond acceptors (Lipinski definition) is 3. The molecule has 1 aliphatic rings. The summed E-state index contributed by atoms with van der Waals surface area (Å²) in [5.41, 5.74) is 0.244. The summed E-state index contributed by atoms with van der Waals surface area (Å²) in [6.07, 6.45) is 1.59. The zero-order valence-corrected chi connectivity index (χ0v) is 14.3. The van der Waals surface area contributed by atoms with Crippen molar-refractivity contribution in [3.8, 4) is 5.75 Å². The van der Waals surface area contributed by atoms with E-state index in [0.29, 0.717) is 34.9 Å². The van der Waals surface area contributed by atoms with Gasteiger partial charge in [0.05, 0.1) is 17.2 Å². The van der Waals surface area contributed by atoms with E-state index in [1.54, 1.807) is 6.07 Å². The minimum atomic E-state index is -0.727. The number of fused-ring (bicyclic) bond motifs is 1. The van der Waals surface area contributed by atoms with E-state index in [0.717, 1.165) is 18.4 Å². The van der Waals surface area contributed by atoms with E-state index in [-0.39, 0.29) is 6.04 Å². The Morgan fingerprint density at radius 3 is 2.81 bits per heavy atom. The second-order valence-corrected chi connectivity index (χ2v) is 7.32. The fourth-order valence-corrected chi connectivity index (χ4v) is 3.50. The number of ether oxygens (including phenoxy) is 1. The second kappa shape index (κ2) is 6.74. The third-order valence-electron chi connectivity index (χ3n) is 3.64. The molecule has 0 radical (unpaired) electrons. The molecule has 0 amide bonds. The topological polar surface area (TPSA) is 41.5 Å². The smallest absolute Gasteiger partial charge is 0.142 e. The molecule has 1 aromatic carbocycles. The first kappa shape index (κ1) is 16.9. The van der Waals surface area contributed by atoms with Crippen LogP contribution in [0.15, 0.2) is 12.1 Å². The van der Waals surface area contributed by atoms with Gasteiger partial charge in [0.1, 0.15) is 5.75 Å². The van der Waals surface area contributed by atoms with E-state index in [4.69, 9.17) is 27.9 Å². The average molecular weight is 332 g/mol. The lowest BCUT2D eigenvalue weighted by molar-refractivity contribution is 0.0343. The molecule has 0 aliphatic carbocycles. The number of halogens is 2. The van der Waals surface area contributed by atoms with Crippen molar-refractivity contribution in [1.82, 2.24) is 5.32 Å². The molecule has 2 unspecified atom stereocenters. The minimum Gasteiger partial charge on any atom is -0.492 e. The minimum absolute atomic E-state index is 0.101. The molecule has 0 bridgehead atoms. The Balaban J connectivity index is 2.10. The van der Waals surface area contributed by atoms with Gasteiger partial charge < -0.3 is 15.2 Å². The number of aliphatic hydroxyl groups is 1. The summed E-state index contributed by atoms with van der Waals surface area (Å²) in [6.45, 7) is 7.22. The van der Waals surface area contributed by atoms with Gasteiger partial charge in [0.15, 0.2) is 0 Å². The molecule has 0 aromatic heterocycles. The monoisotopic (exact) mass is 331 g/mol. The summed E-state index contributed by atoms with van der Waals surface area (Å²) in [5.74, 6) is 1.15. The van der Waals surface area contributed by atoms with Crippen molar-refractivity contribution >= 4 is 23.2 Å². The van der Waals surface area contributed by atoms with Gasteiger partial charge in [-0.25, -0.2) is 0 Å². The van der Waals surface area contributed by atoms with Gasteiger partial charge in [0.2, 0.25) is 0 Å². The van der Waals surface area contributed by atoms with Crippen molar-refractivity contribution in [2.24, 2.45) is 5.92 Å². The highest BCUT2D eigenvalue weighted by atomic mass is 35.5. The molecule has 1 aliphatic heterocycles. The first-order valence-electron chi connectivity index (χ1n) is 7.36. The van der Waals surface area contributed by atoms with Crippen LogP contribution in [0.2, 0.25) is 10.0 Å². The van der Waals surface area contributed by atoms with Crippen LogP contribution in [0.4, 0.5) is 0 Å². The second-order valence-electron chi connectivity index (χ2n) is 6.47. The molecule has 2 atom stereocenters. The van der Waals surface area contributed by atoms with Crippen LogP contribution in [-0.4, -0.2) is 23.9 Å². The van der Waals surface area contributed by atoms with Gasteiger partial charge in [-0.15, -0.1) is 0 Å². The van der Waals surface area contributed by atoms with Crippen LogP contribution < -0.4 is 10.1 Å². The maximum absolute atomic E-state index is 10.4. The van der Waals surface area contributed by atoms with Gasteiger partial charge in [-0.1, -0.05) is 37.0 Å². The van der Waals surface area contributed by atoms with Crippen LogP contribution in [0, 0.1) is 5.92 Å². The van der Waals surface area contributed by atoms with Gasteiger partial charge >= 0.3 is 0 Å². The Hall–Kier alpha value is -0.480. The van der Waals surface area contributed by atoms with Crippen LogP contribution >= 0.6 is 23.2 Å². The van der Waals surface area contributed by atoms with Crippen LogP contribution in [0.25, 0.3) is 0 Å². The summed E-state index contributed by atoms with van der Waals surface area (Å²) >= 11 is 12.3. The highest BCUT2D eigenvalue weighted by Gasteiger charge is 2.27. The van der Waals surface area contributed by atoms with Crippen molar-refractivity contribution in [2.75, 3.05) is 13.2 Å². The normalized spacial score (nSPS) is 20.8. The highest BCUT2D eigenvalue weighted by Crippen LogP contribution is 2.40. The van der Waals surface area contributed by atoms with Gasteiger partial charge in [0, 0.05) is 29.6 Å². The maximum Gasteiger partial charge on any atom is 0.142 e. The lowest BCUT2D eigenvalue weighted by Crippen LogP contribution is -2.41. The molecule has 5 heteroatoms. The fraction of sp³-hybridized carbons (Fsp3) is 0.625. The van der Waals surface area contributed by atoms with E-state index < -0.39 is 5.60 Å². The number of rotatable bonds is 5. The molecule has 0 saturated heterocycles. The lowest BCUT2D eigenvalue weighted by atomic mass is 9.93. The molecule has 1 aromatic rings. The van der Waals surface area contributed by atoms with E-state index in [9.17, 15) is 5.11 Å². The van der Waals surface area contributed by atoms with Crippen molar-refractivity contribution < 1.29 is 9.84 Å². The number of benzene rings is 1. The van der Waals surface area contributed by atoms with Crippen molar-refractivity contribution in [2.45, 2.75) is 45.3 Å². The summed E-state index contributed by atoms with van der Waals surface area (Å²) in [5, 5.41) is 15.0. The third kappa shape index (κ3) is 4.49. The molecule has 2 N–H and O–H groups in total. The summed E-state index contributed by atoms with van der Waals surface area (Å²) in [6, 6.07) is 3.68. The SMILES string of the molecule is CC(C)CC(C)(O)CNC1CCOc2c(Cl)cc(Cl)cc21. The van der Waals surface area contributed by atoms with Crippen molar-refractivity contribution in [1.29, 1.82) is 0 Å². The van der Waals surface area contributed by atoms with Crippen LogP contribution in [0.1, 0.15) is 45.2 Å². The van der Waals surface area contributed by atoms with E-state index in [1.165, 1.54) is 0 Å². The van der Waals surface area contributed by atoms with E-state index in [2.05, 4.69) is 19.2 Å². The van der Waals surface area contributed by atoms with E-state index >= 15 is 0 Å². The Labute approximate surface area is 136 Å². The fourth-order valence-electron chi connectivity index (χ4n) is 2.93. The van der Waals surface area contributed by atoms with Crippen molar-refractivity contribution in [3.63, 3.8) is 0 Å². The van der Waals surface area contributed by atoms with Gasteiger partial charge in [-0.2, -0.15) is 0 Å². The first-order chi connectivity index (χ1) is 9.78. The predicted octanol–water partition coefficient (Wildman–Crippen LogP) is 4.20. The molecule has 118 valence electrons. The Bertz CT molecular complexity index is 503. The van der Waals surface area contributed by atoms with Crippen LogP contribution in [0.5, 0.6) is 5.75 Å². The lowest BCUT2D eigenvalue weighted by Gasteiger charge is -2.32.